The lowest BCUT2D eigenvalue weighted by Gasteiger charge is -2.16. The van der Waals surface area contributed by atoms with Crippen LogP contribution in [0.15, 0.2) is 5.10 Å². The number of nitrogens with one attached hydrogen (secondary N) is 1. The fraction of sp³-hybridized carbons (Fsp3) is 0.714. The lowest BCUT2D eigenvalue weighted by molar-refractivity contribution is -0.136. The van der Waals surface area contributed by atoms with Gasteiger partial charge in [-0.1, -0.05) is 32.5 Å². The van der Waals surface area contributed by atoms with E-state index >= 15 is 0 Å². The molecule has 1 rings (SSSR count). The summed E-state index contributed by atoms with van der Waals surface area (Å²) in [5.41, 5.74) is 2.50. The molecule has 4 nitrogen and oxygen atoms in total. The van der Waals surface area contributed by atoms with E-state index in [-0.39, 0.29) is 5.41 Å². The monoisotopic (exact) mass is 188 g/mol. The molecule has 0 saturated heterocycles. The highest BCUT2D eigenvalue weighted by Crippen LogP contribution is 2.30. The molecule has 68 valence electrons. The van der Waals surface area contributed by atoms with Crippen LogP contribution >= 0.6 is 11.8 Å². The molecule has 2 N–H and O–H groups in total. The van der Waals surface area contributed by atoms with Gasteiger partial charge in [0.15, 0.2) is 5.37 Å². The Kier molecular flexibility index (Phi) is 2.32. The van der Waals surface area contributed by atoms with Crippen molar-refractivity contribution in [2.75, 3.05) is 0 Å². The van der Waals surface area contributed by atoms with E-state index in [0.717, 1.165) is 5.04 Å². The molecule has 0 spiro atoms. The summed E-state index contributed by atoms with van der Waals surface area (Å²) in [6.07, 6.45) is 0. The first-order valence-corrected chi connectivity index (χ1v) is 4.52. The second kappa shape index (κ2) is 2.97. The van der Waals surface area contributed by atoms with Gasteiger partial charge < -0.3 is 5.11 Å². The summed E-state index contributed by atoms with van der Waals surface area (Å²) in [7, 11) is 0. The summed E-state index contributed by atoms with van der Waals surface area (Å²) in [6, 6.07) is 0. The maximum absolute atomic E-state index is 10.5. The number of hydrazone groups is 1. The molecule has 0 saturated carbocycles. The van der Waals surface area contributed by atoms with E-state index in [9.17, 15) is 4.79 Å². The third-order valence-corrected chi connectivity index (χ3v) is 2.85. The highest BCUT2D eigenvalue weighted by atomic mass is 32.2. The summed E-state index contributed by atoms with van der Waals surface area (Å²) in [5, 5.41) is 12.8. The lowest BCUT2D eigenvalue weighted by Crippen LogP contribution is -2.26. The smallest absolute Gasteiger partial charge is 0.338 e. The Hall–Kier alpha value is -0.710. The van der Waals surface area contributed by atoms with Crippen molar-refractivity contribution >= 4 is 22.8 Å². The molecule has 1 aliphatic heterocycles. The van der Waals surface area contributed by atoms with Gasteiger partial charge in [0.1, 0.15) is 5.04 Å². The van der Waals surface area contributed by atoms with Crippen LogP contribution in [0.1, 0.15) is 20.8 Å². The van der Waals surface area contributed by atoms with E-state index in [0.29, 0.717) is 0 Å². The average Bonchev–Trinajstić information content (AvgIpc) is 2.30. The molecule has 0 radical (unpaired) electrons. The summed E-state index contributed by atoms with van der Waals surface area (Å²) >= 11 is 1.27. The molecule has 1 aliphatic rings. The molecule has 0 bridgehead atoms. The minimum Gasteiger partial charge on any atom is -0.479 e. The van der Waals surface area contributed by atoms with E-state index in [1.807, 2.05) is 20.8 Å². The van der Waals surface area contributed by atoms with Crippen molar-refractivity contribution in [2.24, 2.45) is 10.5 Å². The second-order valence-electron chi connectivity index (χ2n) is 3.63. The fourth-order valence-electron chi connectivity index (χ4n) is 0.732. The Bertz CT molecular complexity index is 232. The molecule has 12 heavy (non-hydrogen) atoms. The Morgan fingerprint density at radius 1 is 1.67 bits per heavy atom. The zero-order valence-electron chi connectivity index (χ0n) is 7.29. The van der Waals surface area contributed by atoms with Crippen molar-refractivity contribution in [3.05, 3.63) is 0 Å². The summed E-state index contributed by atoms with van der Waals surface area (Å²) < 4.78 is 0. The SMILES string of the molecule is CC(C)(C)C1=NNC(C(=O)O)S1. The van der Waals surface area contributed by atoms with Crippen LogP contribution < -0.4 is 5.43 Å². The number of rotatable bonds is 1. The number of carbonyl (C=O) groups is 1. The highest BCUT2D eigenvalue weighted by Gasteiger charge is 2.31. The molecule has 0 aromatic rings. The number of carboxylic acids is 1. The maximum Gasteiger partial charge on any atom is 0.338 e. The van der Waals surface area contributed by atoms with Gasteiger partial charge in [-0.25, -0.2) is 4.79 Å². The Morgan fingerprint density at radius 3 is 2.50 bits per heavy atom. The summed E-state index contributed by atoms with van der Waals surface area (Å²) in [5.74, 6) is -0.872. The Labute approximate surface area is 75.4 Å². The first-order valence-electron chi connectivity index (χ1n) is 3.64. The molecule has 5 heteroatoms. The molecular formula is C7H12N2O2S. The van der Waals surface area contributed by atoms with Crippen LogP contribution in [0, 0.1) is 5.41 Å². The molecule has 1 heterocycles. The van der Waals surface area contributed by atoms with Gasteiger partial charge in [0.25, 0.3) is 0 Å². The van der Waals surface area contributed by atoms with Crippen molar-refractivity contribution in [3.63, 3.8) is 0 Å². The number of hydrogen-bond acceptors (Lipinski definition) is 4. The van der Waals surface area contributed by atoms with E-state index in [2.05, 4.69) is 10.5 Å². The molecule has 0 fully saturated rings. The quantitative estimate of drug-likeness (QED) is 0.646. The zero-order valence-corrected chi connectivity index (χ0v) is 8.10. The molecule has 0 aromatic heterocycles. The number of nitrogens with zero attached hydrogens (tertiary/aromatic N) is 1. The van der Waals surface area contributed by atoms with E-state index in [1.54, 1.807) is 0 Å². The predicted octanol–water partition coefficient (Wildman–Crippen LogP) is 1.09. The van der Waals surface area contributed by atoms with E-state index in [4.69, 9.17) is 5.11 Å². The number of thioether (sulfide) groups is 1. The minimum absolute atomic E-state index is 0.0676. The van der Waals surface area contributed by atoms with Gasteiger partial charge in [-0.15, -0.1) is 0 Å². The van der Waals surface area contributed by atoms with Gasteiger partial charge in [-0.05, 0) is 0 Å². The van der Waals surface area contributed by atoms with Crippen LogP contribution in [0.5, 0.6) is 0 Å². The van der Waals surface area contributed by atoms with Crippen LogP contribution in [0.4, 0.5) is 0 Å². The van der Waals surface area contributed by atoms with E-state index < -0.39 is 11.3 Å². The van der Waals surface area contributed by atoms with Gasteiger partial charge in [-0.3, -0.25) is 5.43 Å². The Balaban J connectivity index is 2.61. The Morgan fingerprint density at radius 2 is 2.25 bits per heavy atom. The van der Waals surface area contributed by atoms with Crippen molar-refractivity contribution in [1.82, 2.24) is 5.43 Å². The highest BCUT2D eigenvalue weighted by molar-refractivity contribution is 8.15. The van der Waals surface area contributed by atoms with Crippen molar-refractivity contribution in [1.29, 1.82) is 0 Å². The number of hydrogen-bond donors (Lipinski definition) is 2. The largest absolute Gasteiger partial charge is 0.479 e. The van der Waals surface area contributed by atoms with Crippen molar-refractivity contribution in [3.8, 4) is 0 Å². The van der Waals surface area contributed by atoms with Crippen LogP contribution in [0.3, 0.4) is 0 Å². The number of carboxylic acid groups (broad SMARTS) is 1. The second-order valence-corrected chi connectivity index (χ2v) is 4.73. The van der Waals surface area contributed by atoms with Gasteiger partial charge in [0, 0.05) is 5.41 Å². The minimum atomic E-state index is -0.872. The molecule has 0 amide bonds. The molecule has 0 aliphatic carbocycles. The van der Waals surface area contributed by atoms with E-state index in [1.165, 1.54) is 11.8 Å². The van der Waals surface area contributed by atoms with Gasteiger partial charge in [-0.2, -0.15) is 5.10 Å². The normalized spacial score (nSPS) is 23.2. The third-order valence-electron chi connectivity index (χ3n) is 1.38. The summed E-state index contributed by atoms with van der Waals surface area (Å²) in [6.45, 7) is 6.01. The van der Waals surface area contributed by atoms with Crippen molar-refractivity contribution in [2.45, 2.75) is 26.1 Å². The van der Waals surface area contributed by atoms with Crippen molar-refractivity contribution < 1.29 is 9.90 Å². The first-order chi connectivity index (χ1) is 5.41. The van der Waals surface area contributed by atoms with Gasteiger partial charge in [0.2, 0.25) is 0 Å². The standard InChI is InChI=1S/C7H12N2O2S/c1-7(2,3)6-9-8-4(12-6)5(10)11/h4,8H,1-3H3,(H,10,11). The van der Waals surface area contributed by atoms with Crippen LogP contribution in [0.2, 0.25) is 0 Å². The predicted molar refractivity (Wildman–Crippen MR) is 49.0 cm³/mol. The average molecular weight is 188 g/mol. The molecule has 1 unspecified atom stereocenters. The number of aliphatic carboxylic acids is 1. The third kappa shape index (κ3) is 1.91. The van der Waals surface area contributed by atoms with Gasteiger partial charge >= 0.3 is 5.97 Å². The first kappa shape index (κ1) is 9.38. The molecule has 0 aromatic carbocycles. The molecule has 1 atom stereocenters. The lowest BCUT2D eigenvalue weighted by atomic mass is 9.99. The van der Waals surface area contributed by atoms with Crippen LogP contribution in [-0.4, -0.2) is 21.5 Å². The fourth-order valence-corrected chi connectivity index (χ4v) is 1.62. The molecular weight excluding hydrogens is 176 g/mol. The van der Waals surface area contributed by atoms with Crippen LogP contribution in [-0.2, 0) is 4.79 Å². The zero-order chi connectivity index (χ0) is 9.35. The maximum atomic E-state index is 10.5. The van der Waals surface area contributed by atoms with Gasteiger partial charge in [0.05, 0.1) is 0 Å². The summed E-state index contributed by atoms with van der Waals surface area (Å²) in [4.78, 5) is 10.5. The van der Waals surface area contributed by atoms with Crippen LogP contribution in [0.25, 0.3) is 0 Å². The topological polar surface area (TPSA) is 61.7 Å².